The standard InChI is InChI=1S/C18H23N3O3/c1-18(2,3)24-17(22)15-13-9-10-14-19-16(13)21(20-15)11-7-5-4-6-8-12-23-14/h6,8-10H,4-5,7,11-12H2,1-3H3/b8-6+. The van der Waals surface area contributed by atoms with Gasteiger partial charge in [0.15, 0.2) is 11.3 Å². The van der Waals surface area contributed by atoms with E-state index >= 15 is 0 Å². The number of fused-ring (bicyclic) bond motifs is 1. The van der Waals surface area contributed by atoms with Crippen LogP contribution >= 0.6 is 0 Å². The van der Waals surface area contributed by atoms with Crippen LogP contribution in [0.4, 0.5) is 0 Å². The summed E-state index contributed by atoms with van der Waals surface area (Å²) in [5.74, 6) is 0.109. The first-order chi connectivity index (χ1) is 11.4. The van der Waals surface area contributed by atoms with Gasteiger partial charge in [-0.3, -0.25) is 0 Å². The van der Waals surface area contributed by atoms with Crippen LogP contribution in [0, 0.1) is 0 Å². The summed E-state index contributed by atoms with van der Waals surface area (Å²) < 4.78 is 12.9. The van der Waals surface area contributed by atoms with E-state index in [9.17, 15) is 4.79 Å². The number of hydrogen-bond acceptors (Lipinski definition) is 5. The van der Waals surface area contributed by atoms with Gasteiger partial charge in [-0.2, -0.15) is 10.1 Å². The molecule has 128 valence electrons. The fraction of sp³-hybridized carbons (Fsp3) is 0.500. The number of carbonyl (C=O) groups excluding carboxylic acids is 1. The molecule has 0 saturated carbocycles. The van der Waals surface area contributed by atoms with Crippen molar-refractivity contribution < 1.29 is 14.3 Å². The first-order valence-corrected chi connectivity index (χ1v) is 8.33. The molecule has 0 spiro atoms. The van der Waals surface area contributed by atoms with Crippen LogP contribution in [0.2, 0.25) is 0 Å². The number of aromatic nitrogens is 3. The van der Waals surface area contributed by atoms with Gasteiger partial charge in [0.25, 0.3) is 0 Å². The molecule has 3 heterocycles. The number of carbonyl (C=O) groups is 1. The molecule has 6 nitrogen and oxygen atoms in total. The van der Waals surface area contributed by atoms with Crippen molar-refractivity contribution in [2.45, 2.75) is 52.2 Å². The quantitative estimate of drug-likeness (QED) is 0.592. The number of nitrogens with zero attached hydrogens (tertiary/aromatic N) is 3. The Morgan fingerprint density at radius 3 is 2.88 bits per heavy atom. The second kappa shape index (κ2) is 6.63. The Bertz CT molecular complexity index is 772. The van der Waals surface area contributed by atoms with Crippen molar-refractivity contribution in [3.8, 4) is 5.88 Å². The van der Waals surface area contributed by atoms with Crippen LogP contribution in [0.25, 0.3) is 11.0 Å². The lowest BCUT2D eigenvalue weighted by Gasteiger charge is -2.18. The van der Waals surface area contributed by atoms with Gasteiger partial charge in [0, 0.05) is 12.6 Å². The zero-order valence-electron chi connectivity index (χ0n) is 14.4. The van der Waals surface area contributed by atoms with Crippen LogP contribution in [-0.2, 0) is 11.3 Å². The maximum Gasteiger partial charge on any atom is 0.360 e. The number of allylic oxidation sites excluding steroid dienone is 1. The van der Waals surface area contributed by atoms with Crippen molar-refractivity contribution in [3.05, 3.63) is 30.0 Å². The lowest BCUT2D eigenvalue weighted by Crippen LogP contribution is -2.24. The Balaban J connectivity index is 2.01. The third kappa shape index (κ3) is 3.75. The Hall–Kier alpha value is -2.37. The number of ether oxygens (including phenoxy) is 2. The molecule has 6 heteroatoms. The predicted molar refractivity (Wildman–Crippen MR) is 91.2 cm³/mol. The molecular formula is C18H23N3O3. The summed E-state index contributed by atoms with van der Waals surface area (Å²) in [6.07, 6.45) is 7.17. The molecule has 0 amide bonds. The second-order valence-corrected chi connectivity index (χ2v) is 6.87. The van der Waals surface area contributed by atoms with E-state index in [0.717, 1.165) is 19.3 Å². The van der Waals surface area contributed by atoms with Gasteiger partial charge < -0.3 is 9.47 Å². The smallest absolute Gasteiger partial charge is 0.360 e. The van der Waals surface area contributed by atoms with E-state index in [0.29, 0.717) is 35.8 Å². The van der Waals surface area contributed by atoms with Crippen LogP contribution in [0.5, 0.6) is 5.88 Å². The van der Waals surface area contributed by atoms with Gasteiger partial charge in [-0.05, 0) is 46.1 Å². The van der Waals surface area contributed by atoms with Gasteiger partial charge in [0.2, 0.25) is 5.88 Å². The molecule has 2 bridgehead atoms. The molecule has 0 unspecified atom stereocenters. The Morgan fingerprint density at radius 1 is 1.25 bits per heavy atom. The predicted octanol–water partition coefficient (Wildman–Crippen LogP) is 3.51. The SMILES string of the molecule is CC(C)(C)OC(=O)c1nn2c3nc(ccc13)OC/C=C/CCCC2. The summed E-state index contributed by atoms with van der Waals surface area (Å²) in [6, 6.07) is 3.59. The normalized spacial score (nSPS) is 17.0. The second-order valence-electron chi connectivity index (χ2n) is 6.87. The highest BCUT2D eigenvalue weighted by Gasteiger charge is 2.24. The number of pyridine rings is 1. The summed E-state index contributed by atoms with van der Waals surface area (Å²) in [5.41, 5.74) is 0.415. The fourth-order valence-electron chi connectivity index (χ4n) is 2.59. The summed E-state index contributed by atoms with van der Waals surface area (Å²) in [5, 5.41) is 5.17. The van der Waals surface area contributed by atoms with Crippen molar-refractivity contribution in [2.75, 3.05) is 6.61 Å². The molecule has 0 saturated heterocycles. The molecule has 1 aliphatic heterocycles. The van der Waals surface area contributed by atoms with Crippen molar-refractivity contribution >= 4 is 17.0 Å². The van der Waals surface area contributed by atoms with Crippen molar-refractivity contribution in [1.29, 1.82) is 0 Å². The van der Waals surface area contributed by atoms with E-state index in [1.54, 1.807) is 10.7 Å². The lowest BCUT2D eigenvalue weighted by atomic mass is 10.2. The van der Waals surface area contributed by atoms with Gasteiger partial charge >= 0.3 is 5.97 Å². The van der Waals surface area contributed by atoms with Crippen LogP contribution < -0.4 is 4.74 Å². The molecule has 2 aromatic heterocycles. The Labute approximate surface area is 141 Å². The van der Waals surface area contributed by atoms with E-state index in [4.69, 9.17) is 9.47 Å². The molecule has 1 aliphatic rings. The van der Waals surface area contributed by atoms with Crippen LogP contribution in [0.3, 0.4) is 0 Å². The summed E-state index contributed by atoms with van der Waals surface area (Å²) in [4.78, 5) is 17.0. The van der Waals surface area contributed by atoms with Gasteiger partial charge in [0.1, 0.15) is 12.2 Å². The zero-order valence-corrected chi connectivity index (χ0v) is 14.4. The average Bonchev–Trinajstić information content (AvgIpc) is 2.85. The summed E-state index contributed by atoms with van der Waals surface area (Å²) in [7, 11) is 0. The van der Waals surface area contributed by atoms with Gasteiger partial charge in [-0.25, -0.2) is 9.48 Å². The minimum atomic E-state index is -0.561. The molecule has 0 N–H and O–H groups in total. The molecule has 0 radical (unpaired) electrons. The first-order valence-electron chi connectivity index (χ1n) is 8.33. The maximum absolute atomic E-state index is 12.5. The Kier molecular flexibility index (Phi) is 4.55. The van der Waals surface area contributed by atoms with Crippen molar-refractivity contribution in [2.24, 2.45) is 0 Å². The monoisotopic (exact) mass is 329 g/mol. The molecule has 0 aliphatic carbocycles. The molecule has 0 fully saturated rings. The van der Waals surface area contributed by atoms with E-state index in [2.05, 4.69) is 16.2 Å². The Morgan fingerprint density at radius 2 is 2.08 bits per heavy atom. The summed E-state index contributed by atoms with van der Waals surface area (Å²) >= 11 is 0. The van der Waals surface area contributed by atoms with E-state index in [1.807, 2.05) is 32.9 Å². The number of aryl methyl sites for hydroxylation is 1. The van der Waals surface area contributed by atoms with E-state index in [1.165, 1.54) is 0 Å². The highest BCUT2D eigenvalue weighted by molar-refractivity contribution is 6.01. The van der Waals surface area contributed by atoms with Gasteiger partial charge in [0.05, 0.1) is 5.39 Å². The molecule has 0 atom stereocenters. The number of rotatable bonds is 1. The third-order valence-electron chi connectivity index (χ3n) is 3.65. The topological polar surface area (TPSA) is 66.2 Å². The zero-order chi connectivity index (χ0) is 17.2. The first kappa shape index (κ1) is 16.5. The highest BCUT2D eigenvalue weighted by Crippen LogP contribution is 2.23. The third-order valence-corrected chi connectivity index (χ3v) is 3.65. The van der Waals surface area contributed by atoms with E-state index < -0.39 is 11.6 Å². The summed E-state index contributed by atoms with van der Waals surface area (Å²) in [6.45, 7) is 6.74. The molecule has 3 rings (SSSR count). The molecule has 0 aromatic carbocycles. The number of esters is 1. The van der Waals surface area contributed by atoms with Crippen molar-refractivity contribution in [1.82, 2.24) is 14.8 Å². The minimum Gasteiger partial charge on any atom is -0.473 e. The minimum absolute atomic E-state index is 0.312. The maximum atomic E-state index is 12.5. The highest BCUT2D eigenvalue weighted by atomic mass is 16.6. The van der Waals surface area contributed by atoms with Crippen LogP contribution in [0.15, 0.2) is 24.3 Å². The van der Waals surface area contributed by atoms with Crippen molar-refractivity contribution in [3.63, 3.8) is 0 Å². The van der Waals surface area contributed by atoms with Gasteiger partial charge in [-0.1, -0.05) is 12.2 Å². The molecular weight excluding hydrogens is 306 g/mol. The average molecular weight is 329 g/mol. The van der Waals surface area contributed by atoms with Gasteiger partial charge in [-0.15, -0.1) is 0 Å². The van der Waals surface area contributed by atoms with E-state index in [-0.39, 0.29) is 0 Å². The molecule has 24 heavy (non-hydrogen) atoms. The lowest BCUT2D eigenvalue weighted by molar-refractivity contribution is 0.00640. The van der Waals surface area contributed by atoms with Crippen LogP contribution in [0.1, 0.15) is 50.5 Å². The number of hydrogen-bond donors (Lipinski definition) is 0. The fourth-order valence-corrected chi connectivity index (χ4v) is 2.59. The largest absolute Gasteiger partial charge is 0.473 e. The molecule has 2 aromatic rings. The van der Waals surface area contributed by atoms with Crippen LogP contribution in [-0.4, -0.2) is 32.9 Å².